The Balaban J connectivity index is 1.92. The van der Waals surface area contributed by atoms with Crippen LogP contribution < -0.4 is 9.47 Å². The van der Waals surface area contributed by atoms with Crippen LogP contribution in [0.5, 0.6) is 11.5 Å². The molecule has 2 aromatic carbocycles. The van der Waals surface area contributed by atoms with Crippen LogP contribution in [0.4, 0.5) is 0 Å². The number of halogens is 2. The van der Waals surface area contributed by atoms with E-state index < -0.39 is 0 Å². The van der Waals surface area contributed by atoms with E-state index in [4.69, 9.17) is 37.2 Å². The Kier molecular flexibility index (Phi) is 5.26. The zero-order chi connectivity index (χ0) is 17.8. The number of nitrogens with zero attached hydrogens (tertiary/aromatic N) is 2. The summed E-state index contributed by atoms with van der Waals surface area (Å²) in [6.07, 6.45) is 1.70. The second-order valence-electron chi connectivity index (χ2n) is 5.04. The smallest absolute Gasteiger partial charge is 0.269 e. The van der Waals surface area contributed by atoms with Crippen molar-refractivity contribution in [2.75, 3.05) is 14.2 Å². The molecule has 5 nitrogen and oxygen atoms in total. The summed E-state index contributed by atoms with van der Waals surface area (Å²) < 4.78 is 15.8. The molecule has 0 spiro atoms. The predicted molar refractivity (Wildman–Crippen MR) is 98.0 cm³/mol. The van der Waals surface area contributed by atoms with Crippen LogP contribution in [0.25, 0.3) is 22.5 Å². The minimum atomic E-state index is 0.203. The lowest BCUT2D eigenvalue weighted by molar-refractivity contribution is 0.393. The molecule has 0 atom stereocenters. The third-order valence-corrected chi connectivity index (χ3v) is 3.93. The Morgan fingerprint density at radius 3 is 2.68 bits per heavy atom. The third-order valence-electron chi connectivity index (χ3n) is 3.42. The van der Waals surface area contributed by atoms with Crippen molar-refractivity contribution in [3.05, 3.63) is 58.9 Å². The lowest BCUT2D eigenvalue weighted by Crippen LogP contribution is -1.91. The summed E-state index contributed by atoms with van der Waals surface area (Å²) >= 11 is 12.3. The maximum Gasteiger partial charge on any atom is 0.269 e. The van der Waals surface area contributed by atoms with Gasteiger partial charge >= 0.3 is 0 Å². The van der Waals surface area contributed by atoms with E-state index in [9.17, 15) is 0 Å². The number of hydrogen-bond acceptors (Lipinski definition) is 5. The van der Waals surface area contributed by atoms with Crippen molar-refractivity contribution >= 4 is 34.3 Å². The molecule has 7 heteroatoms. The van der Waals surface area contributed by atoms with Crippen LogP contribution in [0.1, 0.15) is 11.5 Å². The summed E-state index contributed by atoms with van der Waals surface area (Å²) in [6, 6.07) is 12.6. The van der Waals surface area contributed by atoms with Crippen LogP contribution in [0.15, 0.2) is 47.0 Å². The molecule has 0 aliphatic carbocycles. The van der Waals surface area contributed by atoms with Gasteiger partial charge in [0.05, 0.1) is 19.8 Å². The molecule has 3 rings (SSSR count). The predicted octanol–water partition coefficient (Wildman–Crippen LogP) is 5.14. The lowest BCUT2D eigenvalue weighted by atomic mass is 10.2. The Bertz CT molecular complexity index is 922. The zero-order valence-electron chi connectivity index (χ0n) is 13.5. The maximum absolute atomic E-state index is 6.29. The zero-order valence-corrected chi connectivity index (χ0v) is 15.0. The molecule has 0 aliphatic heterocycles. The molecular formula is C18H14Cl2N2O3. The van der Waals surface area contributed by atoms with Gasteiger partial charge < -0.3 is 14.0 Å². The van der Waals surface area contributed by atoms with Crippen molar-refractivity contribution in [3.63, 3.8) is 0 Å². The standard InChI is InChI=1S/C18H14Cl2N2O3/c1-23-13-6-7-14(16(10-13)24-2)17-21-18(25-22-17)15(20)9-11-4-3-5-12(19)8-11/h3-10H,1-2H3/b15-9-. The van der Waals surface area contributed by atoms with Crippen LogP contribution in [0.2, 0.25) is 5.02 Å². The Hall–Kier alpha value is -2.50. The van der Waals surface area contributed by atoms with Crippen LogP contribution in [-0.2, 0) is 0 Å². The van der Waals surface area contributed by atoms with Gasteiger partial charge in [0.25, 0.3) is 5.89 Å². The lowest BCUT2D eigenvalue weighted by Gasteiger charge is -2.07. The summed E-state index contributed by atoms with van der Waals surface area (Å²) in [5.74, 6) is 1.81. The third kappa shape index (κ3) is 3.95. The first-order chi connectivity index (χ1) is 12.1. The second kappa shape index (κ2) is 7.59. The number of aromatic nitrogens is 2. The topological polar surface area (TPSA) is 57.4 Å². The second-order valence-corrected chi connectivity index (χ2v) is 5.88. The first kappa shape index (κ1) is 17.3. The van der Waals surface area contributed by atoms with E-state index in [2.05, 4.69) is 10.1 Å². The quantitative estimate of drug-likeness (QED) is 0.616. The summed E-state index contributed by atoms with van der Waals surface area (Å²) in [7, 11) is 3.15. The molecule has 0 bridgehead atoms. The first-order valence-electron chi connectivity index (χ1n) is 7.30. The van der Waals surface area contributed by atoms with Gasteiger partial charge in [-0.25, -0.2) is 0 Å². The number of ether oxygens (including phenoxy) is 2. The normalized spacial score (nSPS) is 11.4. The van der Waals surface area contributed by atoms with Crippen LogP contribution in [0.3, 0.4) is 0 Å². The van der Waals surface area contributed by atoms with Gasteiger partial charge in [-0.3, -0.25) is 0 Å². The average Bonchev–Trinajstić information content (AvgIpc) is 3.11. The van der Waals surface area contributed by atoms with Gasteiger partial charge in [0.15, 0.2) is 0 Å². The van der Waals surface area contributed by atoms with E-state index in [1.807, 2.05) is 12.1 Å². The fourth-order valence-corrected chi connectivity index (χ4v) is 2.62. The molecule has 0 aliphatic rings. The molecule has 3 aromatic rings. The summed E-state index contributed by atoms with van der Waals surface area (Å²) in [5.41, 5.74) is 1.50. The van der Waals surface area contributed by atoms with Gasteiger partial charge in [0, 0.05) is 11.1 Å². The minimum absolute atomic E-state index is 0.203. The highest BCUT2D eigenvalue weighted by atomic mass is 35.5. The molecule has 0 saturated carbocycles. The molecule has 0 saturated heterocycles. The SMILES string of the molecule is COc1ccc(-c2noc(/C(Cl)=C/c3cccc(Cl)c3)n2)c(OC)c1. The molecule has 128 valence electrons. The molecular weight excluding hydrogens is 363 g/mol. The molecule has 1 aromatic heterocycles. The highest BCUT2D eigenvalue weighted by Gasteiger charge is 2.16. The van der Waals surface area contributed by atoms with Crippen LogP contribution >= 0.6 is 23.2 Å². The van der Waals surface area contributed by atoms with Gasteiger partial charge in [0.2, 0.25) is 5.82 Å². The van der Waals surface area contributed by atoms with E-state index in [1.165, 1.54) is 0 Å². The number of methoxy groups -OCH3 is 2. The Morgan fingerprint density at radius 1 is 1.12 bits per heavy atom. The summed E-state index contributed by atoms with van der Waals surface area (Å²) in [6.45, 7) is 0. The number of benzene rings is 2. The summed E-state index contributed by atoms with van der Waals surface area (Å²) in [4.78, 5) is 4.33. The minimum Gasteiger partial charge on any atom is -0.497 e. The Morgan fingerprint density at radius 2 is 1.96 bits per heavy atom. The Labute approximate surface area is 154 Å². The van der Waals surface area contributed by atoms with E-state index in [-0.39, 0.29) is 5.89 Å². The largest absolute Gasteiger partial charge is 0.497 e. The van der Waals surface area contributed by atoms with E-state index in [0.717, 1.165) is 5.56 Å². The van der Waals surface area contributed by atoms with E-state index in [1.54, 1.807) is 50.6 Å². The van der Waals surface area contributed by atoms with Gasteiger partial charge in [-0.1, -0.05) is 40.5 Å². The first-order valence-corrected chi connectivity index (χ1v) is 8.05. The molecule has 0 unspecified atom stereocenters. The number of hydrogen-bond donors (Lipinski definition) is 0. The average molecular weight is 377 g/mol. The molecule has 0 amide bonds. The fourth-order valence-electron chi connectivity index (χ4n) is 2.22. The van der Waals surface area contributed by atoms with Gasteiger partial charge in [-0.2, -0.15) is 4.98 Å². The highest BCUT2D eigenvalue weighted by Crippen LogP contribution is 2.32. The molecule has 25 heavy (non-hydrogen) atoms. The van der Waals surface area contributed by atoms with Crippen molar-refractivity contribution in [3.8, 4) is 22.9 Å². The molecule has 1 heterocycles. The van der Waals surface area contributed by atoms with Gasteiger partial charge in [-0.15, -0.1) is 0 Å². The number of rotatable bonds is 5. The maximum atomic E-state index is 6.29. The highest BCUT2D eigenvalue weighted by molar-refractivity contribution is 6.50. The van der Waals surface area contributed by atoms with Crippen molar-refractivity contribution in [2.24, 2.45) is 0 Å². The molecule has 0 N–H and O–H groups in total. The van der Waals surface area contributed by atoms with Crippen molar-refractivity contribution < 1.29 is 14.0 Å². The van der Waals surface area contributed by atoms with Gasteiger partial charge in [0.1, 0.15) is 16.5 Å². The van der Waals surface area contributed by atoms with Crippen molar-refractivity contribution in [1.29, 1.82) is 0 Å². The van der Waals surface area contributed by atoms with E-state index >= 15 is 0 Å². The fraction of sp³-hybridized carbons (Fsp3) is 0.111. The molecule has 0 radical (unpaired) electrons. The van der Waals surface area contributed by atoms with Crippen LogP contribution in [0, 0.1) is 0 Å². The molecule has 0 fully saturated rings. The van der Waals surface area contributed by atoms with Crippen LogP contribution in [-0.4, -0.2) is 24.4 Å². The van der Waals surface area contributed by atoms with Crippen molar-refractivity contribution in [2.45, 2.75) is 0 Å². The van der Waals surface area contributed by atoms with Gasteiger partial charge in [-0.05, 0) is 35.9 Å². The monoisotopic (exact) mass is 376 g/mol. The van der Waals surface area contributed by atoms with E-state index in [0.29, 0.717) is 32.9 Å². The van der Waals surface area contributed by atoms with Crippen molar-refractivity contribution in [1.82, 2.24) is 10.1 Å². The summed E-state index contributed by atoms with van der Waals surface area (Å²) in [5, 5.41) is 4.90.